The molecule has 0 atom stereocenters. The van der Waals surface area contributed by atoms with Crippen molar-refractivity contribution in [2.75, 3.05) is 19.4 Å². The number of fused-ring (bicyclic) bond motifs is 1. The molecule has 7 heteroatoms. The number of hydrogen-bond acceptors (Lipinski definition) is 6. The van der Waals surface area contributed by atoms with Crippen molar-refractivity contribution in [3.05, 3.63) is 64.2 Å². The average molecular weight is 325 g/mol. The minimum Gasteiger partial charge on any atom is -0.422 e. The first-order valence-corrected chi connectivity index (χ1v) is 7.58. The zero-order valence-corrected chi connectivity index (χ0v) is 13.6. The molecule has 3 aromatic rings. The second-order valence-electron chi connectivity index (χ2n) is 5.84. The molecule has 0 aliphatic carbocycles. The Kier molecular flexibility index (Phi) is 4.43. The standard InChI is InChI=1S/C17H19N5O2/c1-21(2)11-13-6-3-5-12(9-13)10-19-15-14-7-4-8-18-16(14)22(24)17(23)20-15/h3-9,24H,10-11H2,1-2H3,(H,19,20,23). The third kappa shape index (κ3) is 3.36. The molecule has 0 unspecified atom stereocenters. The lowest BCUT2D eigenvalue weighted by atomic mass is 10.1. The molecule has 0 spiro atoms. The van der Waals surface area contributed by atoms with Crippen LogP contribution in [0.1, 0.15) is 11.1 Å². The molecule has 124 valence electrons. The maximum atomic E-state index is 11.8. The van der Waals surface area contributed by atoms with E-state index in [-0.39, 0.29) is 5.65 Å². The van der Waals surface area contributed by atoms with Crippen LogP contribution in [0.25, 0.3) is 11.0 Å². The van der Waals surface area contributed by atoms with Gasteiger partial charge in [-0.1, -0.05) is 24.3 Å². The molecule has 2 aromatic heterocycles. The van der Waals surface area contributed by atoms with Crippen molar-refractivity contribution in [1.29, 1.82) is 0 Å². The van der Waals surface area contributed by atoms with Crippen LogP contribution >= 0.6 is 0 Å². The third-order valence-electron chi connectivity index (χ3n) is 3.58. The predicted octanol–water partition coefficient (Wildman–Crippen LogP) is 1.70. The van der Waals surface area contributed by atoms with E-state index in [1.807, 2.05) is 26.2 Å². The Morgan fingerprint density at radius 3 is 2.79 bits per heavy atom. The molecule has 0 amide bonds. The summed E-state index contributed by atoms with van der Waals surface area (Å²) in [4.78, 5) is 21.8. The Bertz CT molecular complexity index is 920. The lowest BCUT2D eigenvalue weighted by Crippen LogP contribution is -2.23. The van der Waals surface area contributed by atoms with Gasteiger partial charge in [-0.25, -0.2) is 9.78 Å². The highest BCUT2D eigenvalue weighted by molar-refractivity contribution is 5.86. The zero-order valence-electron chi connectivity index (χ0n) is 13.6. The van der Waals surface area contributed by atoms with Crippen molar-refractivity contribution < 1.29 is 5.21 Å². The monoisotopic (exact) mass is 325 g/mol. The molecule has 0 aliphatic heterocycles. The van der Waals surface area contributed by atoms with Crippen molar-refractivity contribution in [2.45, 2.75) is 13.1 Å². The van der Waals surface area contributed by atoms with Crippen LogP contribution in [-0.4, -0.2) is 38.9 Å². The second kappa shape index (κ2) is 6.67. The summed E-state index contributed by atoms with van der Waals surface area (Å²) in [5, 5.41) is 13.5. The van der Waals surface area contributed by atoms with Crippen molar-refractivity contribution in [3.63, 3.8) is 0 Å². The van der Waals surface area contributed by atoms with E-state index in [0.29, 0.717) is 22.5 Å². The van der Waals surface area contributed by atoms with Gasteiger partial charge in [0.15, 0.2) is 5.65 Å². The van der Waals surface area contributed by atoms with Crippen LogP contribution < -0.4 is 11.0 Å². The number of anilines is 1. The Morgan fingerprint density at radius 1 is 1.21 bits per heavy atom. The van der Waals surface area contributed by atoms with Gasteiger partial charge in [-0.15, -0.1) is 4.73 Å². The van der Waals surface area contributed by atoms with Gasteiger partial charge in [0.1, 0.15) is 5.82 Å². The fourth-order valence-corrected chi connectivity index (χ4v) is 2.57. The lowest BCUT2D eigenvalue weighted by molar-refractivity contribution is 0.182. The highest BCUT2D eigenvalue weighted by atomic mass is 16.5. The average Bonchev–Trinajstić information content (AvgIpc) is 2.57. The SMILES string of the molecule is CN(C)Cc1cccc(CNc2nc(=O)n(O)c3ncccc23)c1. The quantitative estimate of drug-likeness (QED) is 0.695. The van der Waals surface area contributed by atoms with E-state index in [2.05, 4.69) is 32.3 Å². The second-order valence-corrected chi connectivity index (χ2v) is 5.84. The van der Waals surface area contributed by atoms with Gasteiger partial charge in [-0.05, 0) is 37.4 Å². The van der Waals surface area contributed by atoms with Crippen LogP contribution in [0.5, 0.6) is 0 Å². The number of benzene rings is 1. The van der Waals surface area contributed by atoms with E-state index >= 15 is 0 Å². The van der Waals surface area contributed by atoms with Gasteiger partial charge in [0.05, 0.1) is 5.39 Å². The topological polar surface area (TPSA) is 83.3 Å². The molecule has 0 aliphatic rings. The highest BCUT2D eigenvalue weighted by Crippen LogP contribution is 2.17. The smallest absolute Gasteiger partial charge is 0.384 e. The van der Waals surface area contributed by atoms with E-state index in [1.54, 1.807) is 12.1 Å². The zero-order chi connectivity index (χ0) is 17.1. The minimum absolute atomic E-state index is 0.182. The first-order valence-electron chi connectivity index (χ1n) is 7.58. The largest absolute Gasteiger partial charge is 0.422 e. The van der Waals surface area contributed by atoms with Crippen LogP contribution in [-0.2, 0) is 13.1 Å². The van der Waals surface area contributed by atoms with E-state index in [0.717, 1.165) is 12.1 Å². The third-order valence-corrected chi connectivity index (χ3v) is 3.58. The molecule has 0 saturated carbocycles. The molecule has 2 heterocycles. The number of nitrogens with zero attached hydrogens (tertiary/aromatic N) is 4. The van der Waals surface area contributed by atoms with Crippen LogP contribution in [0.4, 0.5) is 5.82 Å². The van der Waals surface area contributed by atoms with E-state index in [9.17, 15) is 10.0 Å². The van der Waals surface area contributed by atoms with Crippen LogP contribution in [0, 0.1) is 0 Å². The molecular weight excluding hydrogens is 306 g/mol. The van der Waals surface area contributed by atoms with Gasteiger partial charge in [-0.2, -0.15) is 4.98 Å². The number of aromatic nitrogens is 3. The van der Waals surface area contributed by atoms with E-state index in [4.69, 9.17) is 0 Å². The molecule has 3 rings (SSSR count). The fraction of sp³-hybridized carbons (Fsp3) is 0.235. The first-order chi connectivity index (χ1) is 11.5. The van der Waals surface area contributed by atoms with Crippen molar-refractivity contribution >= 4 is 16.9 Å². The first kappa shape index (κ1) is 15.9. The van der Waals surface area contributed by atoms with Crippen LogP contribution in [0.3, 0.4) is 0 Å². The van der Waals surface area contributed by atoms with E-state index in [1.165, 1.54) is 11.8 Å². The summed E-state index contributed by atoms with van der Waals surface area (Å²) in [7, 11) is 4.05. The van der Waals surface area contributed by atoms with Crippen LogP contribution in [0.2, 0.25) is 0 Å². The highest BCUT2D eigenvalue weighted by Gasteiger charge is 2.10. The number of rotatable bonds is 5. The molecule has 7 nitrogen and oxygen atoms in total. The maximum absolute atomic E-state index is 11.8. The molecule has 0 saturated heterocycles. The van der Waals surface area contributed by atoms with Crippen molar-refractivity contribution in [1.82, 2.24) is 19.6 Å². The predicted molar refractivity (Wildman–Crippen MR) is 92.1 cm³/mol. The summed E-state index contributed by atoms with van der Waals surface area (Å²) < 4.78 is 0.457. The molecule has 0 fully saturated rings. The Hall–Kier alpha value is -2.93. The number of pyridine rings is 1. The fourth-order valence-electron chi connectivity index (χ4n) is 2.57. The van der Waals surface area contributed by atoms with E-state index < -0.39 is 5.69 Å². The Morgan fingerprint density at radius 2 is 2.00 bits per heavy atom. The molecule has 24 heavy (non-hydrogen) atoms. The maximum Gasteiger partial charge on any atom is 0.384 e. The normalized spacial score (nSPS) is 11.1. The Labute approximate surface area is 139 Å². The summed E-state index contributed by atoms with van der Waals surface area (Å²) >= 11 is 0. The summed E-state index contributed by atoms with van der Waals surface area (Å²) in [5.74, 6) is 0.409. The van der Waals surface area contributed by atoms with Gasteiger partial charge in [-0.3, -0.25) is 0 Å². The van der Waals surface area contributed by atoms with Crippen molar-refractivity contribution in [3.8, 4) is 0 Å². The summed E-state index contributed by atoms with van der Waals surface area (Å²) in [6.45, 7) is 1.38. The van der Waals surface area contributed by atoms with Gasteiger partial charge >= 0.3 is 5.69 Å². The van der Waals surface area contributed by atoms with Gasteiger partial charge in [0, 0.05) is 19.3 Å². The molecular formula is C17H19N5O2. The lowest BCUT2D eigenvalue weighted by Gasteiger charge is -2.12. The minimum atomic E-state index is -0.759. The Balaban J connectivity index is 1.86. The number of hydrogen-bond donors (Lipinski definition) is 2. The van der Waals surface area contributed by atoms with Crippen LogP contribution in [0.15, 0.2) is 47.4 Å². The van der Waals surface area contributed by atoms with Gasteiger partial charge < -0.3 is 15.4 Å². The summed E-state index contributed by atoms with van der Waals surface area (Å²) in [5.41, 5.74) is 1.72. The molecule has 1 aromatic carbocycles. The molecule has 2 N–H and O–H groups in total. The van der Waals surface area contributed by atoms with Crippen molar-refractivity contribution in [2.24, 2.45) is 0 Å². The molecule has 0 radical (unpaired) electrons. The summed E-state index contributed by atoms with van der Waals surface area (Å²) in [6, 6.07) is 11.7. The molecule has 0 bridgehead atoms. The van der Waals surface area contributed by atoms with Gasteiger partial charge in [0.25, 0.3) is 0 Å². The van der Waals surface area contributed by atoms with Gasteiger partial charge in [0.2, 0.25) is 0 Å². The summed E-state index contributed by atoms with van der Waals surface area (Å²) in [6.07, 6.45) is 1.52. The number of nitrogens with one attached hydrogen (secondary N) is 1.